The maximum absolute atomic E-state index is 6.03. The number of hydrogen-bond donors (Lipinski definition) is 2. The number of benzene rings is 2. The Hall–Kier alpha value is -2.37. The molecule has 0 aliphatic carbocycles. The molecule has 5 nitrogen and oxygen atoms in total. The summed E-state index contributed by atoms with van der Waals surface area (Å²) in [5, 5.41) is 3.17. The highest BCUT2D eigenvalue weighted by Gasteiger charge is 2.13. The van der Waals surface area contributed by atoms with Crippen molar-refractivity contribution in [2.24, 2.45) is 10.7 Å². The molecule has 144 valence electrons. The fraction of sp³-hybridized carbons (Fsp3) is 0.409. The van der Waals surface area contributed by atoms with Crippen molar-refractivity contribution < 1.29 is 0 Å². The van der Waals surface area contributed by atoms with E-state index in [0.717, 1.165) is 38.4 Å². The summed E-state index contributed by atoms with van der Waals surface area (Å²) in [6, 6.07) is 14.9. The van der Waals surface area contributed by atoms with E-state index in [0.29, 0.717) is 12.5 Å². The van der Waals surface area contributed by atoms with E-state index in [2.05, 4.69) is 77.4 Å². The summed E-state index contributed by atoms with van der Waals surface area (Å²) in [6.45, 7) is 10.4. The Labute approximate surface area is 162 Å². The molecule has 2 aromatic rings. The lowest BCUT2D eigenvalue weighted by Crippen LogP contribution is -2.43. The van der Waals surface area contributed by atoms with Crippen molar-refractivity contribution in [1.29, 1.82) is 0 Å². The minimum absolute atomic E-state index is 0.444. The Balaban J connectivity index is 1.51. The number of hydrogen-bond acceptors (Lipinski definition) is 3. The third-order valence-corrected chi connectivity index (χ3v) is 5.24. The molecule has 1 heterocycles. The molecule has 0 spiro atoms. The van der Waals surface area contributed by atoms with Crippen LogP contribution < -0.4 is 11.1 Å². The van der Waals surface area contributed by atoms with Crippen molar-refractivity contribution in [1.82, 2.24) is 9.80 Å². The van der Waals surface area contributed by atoms with Gasteiger partial charge in [-0.15, -0.1) is 0 Å². The van der Waals surface area contributed by atoms with E-state index in [1.54, 1.807) is 0 Å². The van der Waals surface area contributed by atoms with Gasteiger partial charge in [0, 0.05) is 38.4 Å². The molecule has 1 saturated heterocycles. The van der Waals surface area contributed by atoms with Crippen molar-refractivity contribution in [3.63, 3.8) is 0 Å². The second-order valence-electron chi connectivity index (χ2n) is 7.52. The summed E-state index contributed by atoms with van der Waals surface area (Å²) in [5.41, 5.74) is 12.0. The Morgan fingerprint density at radius 2 is 1.63 bits per heavy atom. The molecule has 0 saturated carbocycles. The number of nitrogens with one attached hydrogen (secondary N) is 1. The second kappa shape index (κ2) is 9.02. The standard InChI is InChI=1S/C22H31N5/c1-17-4-9-21(14-18(17)2)25-22(23)24-15-19-5-7-20(8-6-19)16-27-12-10-26(3)11-13-27/h4-9,14H,10-13,15-16H2,1-3H3,(H3,23,24,25). The van der Waals surface area contributed by atoms with Gasteiger partial charge in [-0.25, -0.2) is 4.99 Å². The third-order valence-electron chi connectivity index (χ3n) is 5.24. The largest absolute Gasteiger partial charge is 0.370 e. The van der Waals surface area contributed by atoms with Crippen molar-refractivity contribution >= 4 is 11.6 Å². The fourth-order valence-corrected chi connectivity index (χ4v) is 3.20. The number of likely N-dealkylation sites (N-methyl/N-ethyl adjacent to an activating group) is 1. The summed E-state index contributed by atoms with van der Waals surface area (Å²) >= 11 is 0. The van der Waals surface area contributed by atoms with Crippen LogP contribution in [0.15, 0.2) is 47.5 Å². The maximum Gasteiger partial charge on any atom is 0.193 e. The first kappa shape index (κ1) is 19.4. The zero-order chi connectivity index (χ0) is 19.2. The molecule has 1 aliphatic heterocycles. The van der Waals surface area contributed by atoms with Gasteiger partial charge in [-0.05, 0) is 55.3 Å². The first-order chi connectivity index (χ1) is 13.0. The van der Waals surface area contributed by atoms with Crippen LogP contribution >= 0.6 is 0 Å². The zero-order valence-electron chi connectivity index (χ0n) is 16.7. The van der Waals surface area contributed by atoms with Gasteiger partial charge < -0.3 is 16.0 Å². The first-order valence-corrected chi connectivity index (χ1v) is 9.62. The minimum atomic E-state index is 0.444. The highest BCUT2D eigenvalue weighted by atomic mass is 15.2. The van der Waals surface area contributed by atoms with Gasteiger partial charge in [0.25, 0.3) is 0 Å². The highest BCUT2D eigenvalue weighted by Crippen LogP contribution is 2.14. The zero-order valence-corrected chi connectivity index (χ0v) is 16.7. The molecular weight excluding hydrogens is 334 g/mol. The number of guanidine groups is 1. The number of piperazine rings is 1. The van der Waals surface area contributed by atoms with Crippen molar-refractivity contribution in [2.75, 3.05) is 38.5 Å². The molecule has 5 heteroatoms. The van der Waals surface area contributed by atoms with Crippen LogP contribution in [0, 0.1) is 13.8 Å². The number of rotatable bonds is 5. The van der Waals surface area contributed by atoms with Crippen LogP contribution in [0.1, 0.15) is 22.3 Å². The second-order valence-corrected chi connectivity index (χ2v) is 7.52. The molecule has 2 aromatic carbocycles. The lowest BCUT2D eigenvalue weighted by molar-refractivity contribution is 0.148. The molecular formula is C22H31N5. The predicted octanol–water partition coefficient (Wildman–Crippen LogP) is 2.98. The Morgan fingerprint density at radius 3 is 2.30 bits per heavy atom. The molecule has 0 radical (unpaired) electrons. The molecule has 0 atom stereocenters. The average Bonchev–Trinajstić information content (AvgIpc) is 2.66. The first-order valence-electron chi connectivity index (χ1n) is 9.62. The molecule has 1 aliphatic rings. The fourth-order valence-electron chi connectivity index (χ4n) is 3.20. The molecule has 27 heavy (non-hydrogen) atoms. The average molecular weight is 366 g/mol. The summed E-state index contributed by atoms with van der Waals surface area (Å²) in [4.78, 5) is 9.36. The van der Waals surface area contributed by atoms with E-state index in [1.807, 2.05) is 6.07 Å². The van der Waals surface area contributed by atoms with E-state index in [1.165, 1.54) is 22.3 Å². The van der Waals surface area contributed by atoms with Crippen LogP contribution in [0.4, 0.5) is 5.69 Å². The normalized spacial score (nSPS) is 16.5. The van der Waals surface area contributed by atoms with E-state index >= 15 is 0 Å². The van der Waals surface area contributed by atoms with Crippen LogP contribution in [0.2, 0.25) is 0 Å². The molecule has 0 amide bonds. The van der Waals surface area contributed by atoms with Crippen molar-refractivity contribution in [3.05, 3.63) is 64.7 Å². The minimum Gasteiger partial charge on any atom is -0.370 e. The number of aryl methyl sites for hydroxylation is 2. The summed E-state index contributed by atoms with van der Waals surface area (Å²) < 4.78 is 0. The van der Waals surface area contributed by atoms with Crippen LogP contribution in [-0.4, -0.2) is 49.0 Å². The number of nitrogens with zero attached hydrogens (tertiary/aromatic N) is 3. The SMILES string of the molecule is Cc1ccc(NC(N)=NCc2ccc(CN3CCN(C)CC3)cc2)cc1C. The number of nitrogens with two attached hydrogens (primary N) is 1. The molecule has 1 fully saturated rings. The van der Waals surface area contributed by atoms with Crippen molar-refractivity contribution in [2.45, 2.75) is 26.9 Å². The molecule has 0 bridgehead atoms. The molecule has 3 N–H and O–H groups in total. The van der Waals surface area contributed by atoms with Gasteiger partial charge >= 0.3 is 0 Å². The van der Waals surface area contributed by atoms with E-state index in [-0.39, 0.29) is 0 Å². The van der Waals surface area contributed by atoms with Crippen LogP contribution in [0.25, 0.3) is 0 Å². The Morgan fingerprint density at radius 1 is 0.963 bits per heavy atom. The number of aliphatic imine (C=N–C) groups is 1. The molecule has 0 aromatic heterocycles. The highest BCUT2D eigenvalue weighted by molar-refractivity contribution is 5.92. The Bertz CT molecular complexity index is 774. The number of anilines is 1. The predicted molar refractivity (Wildman–Crippen MR) is 114 cm³/mol. The van der Waals surface area contributed by atoms with Crippen LogP contribution in [0.5, 0.6) is 0 Å². The van der Waals surface area contributed by atoms with Gasteiger partial charge in [-0.2, -0.15) is 0 Å². The quantitative estimate of drug-likeness (QED) is 0.632. The van der Waals surface area contributed by atoms with Gasteiger partial charge in [-0.3, -0.25) is 4.90 Å². The van der Waals surface area contributed by atoms with E-state index < -0.39 is 0 Å². The lowest BCUT2D eigenvalue weighted by atomic mass is 10.1. The summed E-state index contributed by atoms with van der Waals surface area (Å²) in [6.07, 6.45) is 0. The van der Waals surface area contributed by atoms with Crippen LogP contribution in [0.3, 0.4) is 0 Å². The van der Waals surface area contributed by atoms with Crippen LogP contribution in [-0.2, 0) is 13.1 Å². The lowest BCUT2D eigenvalue weighted by Gasteiger charge is -2.32. The van der Waals surface area contributed by atoms with Gasteiger partial charge in [0.2, 0.25) is 0 Å². The topological polar surface area (TPSA) is 56.9 Å². The smallest absolute Gasteiger partial charge is 0.193 e. The van der Waals surface area contributed by atoms with Crippen molar-refractivity contribution in [3.8, 4) is 0 Å². The van der Waals surface area contributed by atoms with E-state index in [9.17, 15) is 0 Å². The van der Waals surface area contributed by atoms with Gasteiger partial charge in [0.05, 0.1) is 6.54 Å². The van der Waals surface area contributed by atoms with E-state index in [4.69, 9.17) is 5.73 Å². The summed E-state index contributed by atoms with van der Waals surface area (Å²) in [5.74, 6) is 0.444. The maximum atomic E-state index is 6.03. The molecule has 3 rings (SSSR count). The molecule has 0 unspecified atom stereocenters. The van der Waals surface area contributed by atoms with Gasteiger partial charge in [-0.1, -0.05) is 30.3 Å². The van der Waals surface area contributed by atoms with Gasteiger partial charge in [0.15, 0.2) is 5.96 Å². The summed E-state index contributed by atoms with van der Waals surface area (Å²) in [7, 11) is 2.19. The van der Waals surface area contributed by atoms with Gasteiger partial charge in [0.1, 0.15) is 0 Å². The third kappa shape index (κ3) is 5.81. The Kier molecular flexibility index (Phi) is 6.48. The monoisotopic (exact) mass is 365 g/mol.